The third kappa shape index (κ3) is 2.99. The van der Waals surface area contributed by atoms with Crippen molar-refractivity contribution in [2.75, 3.05) is 6.54 Å². The summed E-state index contributed by atoms with van der Waals surface area (Å²) in [6.45, 7) is 1.32. The van der Waals surface area contributed by atoms with Crippen molar-refractivity contribution in [3.63, 3.8) is 0 Å². The van der Waals surface area contributed by atoms with Crippen LogP contribution in [0.3, 0.4) is 0 Å². The summed E-state index contributed by atoms with van der Waals surface area (Å²) in [6, 6.07) is 15.8. The van der Waals surface area contributed by atoms with Crippen molar-refractivity contribution in [2.24, 2.45) is 10.7 Å². The molecule has 5 heteroatoms. The first-order valence-electron chi connectivity index (χ1n) is 6.70. The molecule has 1 atom stereocenters. The van der Waals surface area contributed by atoms with Gasteiger partial charge in [0.1, 0.15) is 0 Å². The van der Waals surface area contributed by atoms with E-state index in [2.05, 4.69) is 22.0 Å². The molecule has 2 aromatic rings. The fourth-order valence-electron chi connectivity index (χ4n) is 2.54. The monoisotopic (exact) mass is 319 g/mol. The Balaban J connectivity index is 1.88. The summed E-state index contributed by atoms with van der Waals surface area (Å²) in [7, 11) is 0. The number of aliphatic imine (C=N–C) groups is 1. The van der Waals surface area contributed by atoms with E-state index in [-0.39, 0.29) is 6.04 Å². The van der Waals surface area contributed by atoms with Crippen LogP contribution in [0.1, 0.15) is 17.2 Å². The van der Waals surface area contributed by atoms with E-state index in [1.54, 1.807) is 6.07 Å². The zero-order valence-corrected chi connectivity index (χ0v) is 12.8. The second kappa shape index (κ2) is 5.96. The molecule has 108 valence electrons. The van der Waals surface area contributed by atoms with Gasteiger partial charge in [0.25, 0.3) is 0 Å². The van der Waals surface area contributed by atoms with Crippen LogP contribution in [0.2, 0.25) is 10.0 Å². The van der Waals surface area contributed by atoms with Crippen LogP contribution in [0.4, 0.5) is 0 Å². The van der Waals surface area contributed by atoms with Gasteiger partial charge in [-0.2, -0.15) is 0 Å². The van der Waals surface area contributed by atoms with Crippen molar-refractivity contribution in [3.05, 3.63) is 69.7 Å². The van der Waals surface area contributed by atoms with Gasteiger partial charge in [-0.15, -0.1) is 0 Å². The minimum atomic E-state index is 0.0509. The molecular weight excluding hydrogens is 305 g/mol. The zero-order valence-electron chi connectivity index (χ0n) is 11.3. The molecule has 2 N–H and O–H groups in total. The summed E-state index contributed by atoms with van der Waals surface area (Å²) in [6.07, 6.45) is 0. The predicted molar refractivity (Wildman–Crippen MR) is 87.7 cm³/mol. The lowest BCUT2D eigenvalue weighted by Gasteiger charge is -2.27. The van der Waals surface area contributed by atoms with E-state index in [9.17, 15) is 0 Å². The second-order valence-corrected chi connectivity index (χ2v) is 5.84. The Hall–Kier alpha value is -1.71. The first kappa shape index (κ1) is 14.2. The van der Waals surface area contributed by atoms with E-state index in [4.69, 9.17) is 28.9 Å². The number of guanidine groups is 1. The van der Waals surface area contributed by atoms with E-state index in [1.807, 2.05) is 30.3 Å². The predicted octanol–water partition coefficient (Wildman–Crippen LogP) is 3.87. The van der Waals surface area contributed by atoms with Crippen LogP contribution in [-0.2, 0) is 6.54 Å². The lowest BCUT2D eigenvalue weighted by molar-refractivity contribution is 0.340. The number of benzene rings is 2. The van der Waals surface area contributed by atoms with Crippen LogP contribution in [0.25, 0.3) is 0 Å². The molecule has 3 nitrogen and oxygen atoms in total. The van der Waals surface area contributed by atoms with Crippen LogP contribution in [0, 0.1) is 0 Å². The average molecular weight is 320 g/mol. The van der Waals surface area contributed by atoms with Crippen molar-refractivity contribution < 1.29 is 0 Å². The number of hydrogen-bond donors (Lipinski definition) is 1. The third-order valence-electron chi connectivity index (χ3n) is 3.61. The van der Waals surface area contributed by atoms with Gasteiger partial charge >= 0.3 is 0 Å². The molecule has 0 bridgehead atoms. The van der Waals surface area contributed by atoms with E-state index in [0.29, 0.717) is 29.1 Å². The van der Waals surface area contributed by atoms with Gasteiger partial charge in [0, 0.05) is 16.6 Å². The minimum absolute atomic E-state index is 0.0509. The Morgan fingerprint density at radius 2 is 1.90 bits per heavy atom. The normalized spacial score (nSPS) is 17.9. The van der Waals surface area contributed by atoms with Crippen LogP contribution in [0.5, 0.6) is 0 Å². The maximum atomic E-state index is 6.32. The molecule has 1 aliphatic heterocycles. The van der Waals surface area contributed by atoms with Crippen molar-refractivity contribution in [1.29, 1.82) is 0 Å². The van der Waals surface area contributed by atoms with E-state index < -0.39 is 0 Å². The van der Waals surface area contributed by atoms with Crippen LogP contribution in [0.15, 0.2) is 53.5 Å². The van der Waals surface area contributed by atoms with Crippen LogP contribution >= 0.6 is 23.2 Å². The molecule has 0 saturated heterocycles. The molecule has 21 heavy (non-hydrogen) atoms. The molecule has 0 fully saturated rings. The molecule has 1 aliphatic rings. The minimum Gasteiger partial charge on any atom is -0.370 e. The molecule has 3 rings (SSSR count). The van der Waals surface area contributed by atoms with Gasteiger partial charge < -0.3 is 10.6 Å². The van der Waals surface area contributed by atoms with Gasteiger partial charge in [-0.1, -0.05) is 59.6 Å². The van der Waals surface area contributed by atoms with Crippen molar-refractivity contribution in [3.8, 4) is 0 Å². The molecule has 0 radical (unpaired) electrons. The molecule has 2 aromatic carbocycles. The quantitative estimate of drug-likeness (QED) is 0.933. The van der Waals surface area contributed by atoms with Crippen molar-refractivity contribution in [2.45, 2.75) is 12.6 Å². The summed E-state index contributed by atoms with van der Waals surface area (Å²) in [5.74, 6) is 0.551. The van der Waals surface area contributed by atoms with Gasteiger partial charge in [-0.3, -0.25) is 4.99 Å². The van der Waals surface area contributed by atoms with E-state index in [1.165, 1.54) is 5.56 Å². The molecule has 0 aromatic heterocycles. The summed E-state index contributed by atoms with van der Waals surface area (Å²) >= 11 is 12.3. The molecule has 0 saturated carbocycles. The summed E-state index contributed by atoms with van der Waals surface area (Å²) in [5.41, 5.74) is 8.23. The SMILES string of the molecule is NC1=NCC(c2ccc(Cl)cc2Cl)N1Cc1ccccc1. The van der Waals surface area contributed by atoms with Gasteiger partial charge in [-0.25, -0.2) is 0 Å². The fourth-order valence-corrected chi connectivity index (χ4v) is 3.07. The number of hydrogen-bond acceptors (Lipinski definition) is 3. The van der Waals surface area contributed by atoms with Crippen molar-refractivity contribution >= 4 is 29.2 Å². The second-order valence-electron chi connectivity index (χ2n) is 4.99. The average Bonchev–Trinajstić information content (AvgIpc) is 2.82. The largest absolute Gasteiger partial charge is 0.370 e. The molecular formula is C16H15Cl2N3. The fraction of sp³-hybridized carbons (Fsp3) is 0.188. The Morgan fingerprint density at radius 1 is 1.14 bits per heavy atom. The lowest BCUT2D eigenvalue weighted by Crippen LogP contribution is -2.35. The van der Waals surface area contributed by atoms with Gasteiger partial charge in [-0.05, 0) is 23.3 Å². The Morgan fingerprint density at radius 3 is 2.62 bits per heavy atom. The standard InChI is InChI=1S/C16H15Cl2N3/c17-12-6-7-13(14(18)8-12)15-9-20-16(19)21(15)10-11-4-2-1-3-5-11/h1-8,15H,9-10H2,(H2,19,20). The smallest absolute Gasteiger partial charge is 0.192 e. The maximum absolute atomic E-state index is 6.32. The van der Waals surface area contributed by atoms with Gasteiger partial charge in [0.2, 0.25) is 0 Å². The maximum Gasteiger partial charge on any atom is 0.192 e. The van der Waals surface area contributed by atoms with E-state index in [0.717, 1.165) is 5.56 Å². The first-order chi connectivity index (χ1) is 10.1. The summed E-state index contributed by atoms with van der Waals surface area (Å²) < 4.78 is 0. The highest BCUT2D eigenvalue weighted by atomic mass is 35.5. The van der Waals surface area contributed by atoms with Gasteiger partial charge in [0.05, 0.1) is 12.6 Å². The highest BCUT2D eigenvalue weighted by molar-refractivity contribution is 6.35. The third-order valence-corrected chi connectivity index (χ3v) is 4.18. The topological polar surface area (TPSA) is 41.6 Å². The highest BCUT2D eigenvalue weighted by Gasteiger charge is 2.29. The van der Waals surface area contributed by atoms with Crippen LogP contribution < -0.4 is 5.73 Å². The highest BCUT2D eigenvalue weighted by Crippen LogP contribution is 2.33. The zero-order chi connectivity index (χ0) is 14.8. The molecule has 1 unspecified atom stereocenters. The number of nitrogens with two attached hydrogens (primary N) is 1. The Kier molecular flexibility index (Phi) is 4.04. The van der Waals surface area contributed by atoms with Crippen molar-refractivity contribution in [1.82, 2.24) is 4.90 Å². The molecule has 1 heterocycles. The first-order valence-corrected chi connectivity index (χ1v) is 7.46. The number of halogens is 2. The lowest BCUT2D eigenvalue weighted by atomic mass is 10.1. The molecule has 0 aliphatic carbocycles. The Labute approximate surface area is 134 Å². The van der Waals surface area contributed by atoms with E-state index >= 15 is 0 Å². The number of rotatable bonds is 3. The summed E-state index contributed by atoms with van der Waals surface area (Å²) in [4.78, 5) is 6.44. The van der Waals surface area contributed by atoms with Crippen LogP contribution in [-0.4, -0.2) is 17.4 Å². The van der Waals surface area contributed by atoms with Gasteiger partial charge in [0.15, 0.2) is 5.96 Å². The molecule has 0 amide bonds. The summed E-state index contributed by atoms with van der Waals surface area (Å²) in [5, 5.41) is 1.28. The Bertz CT molecular complexity index is 670. The molecule has 0 spiro atoms. The number of nitrogens with zero attached hydrogens (tertiary/aromatic N) is 2.